The van der Waals surface area contributed by atoms with Gasteiger partial charge in [0.2, 0.25) is 0 Å². The summed E-state index contributed by atoms with van der Waals surface area (Å²) in [5, 5.41) is 0. The zero-order valence-electron chi connectivity index (χ0n) is 7.73. The van der Waals surface area contributed by atoms with Gasteiger partial charge in [-0.05, 0) is 11.8 Å². The lowest BCUT2D eigenvalue weighted by molar-refractivity contribution is -0.119. The first-order chi connectivity index (χ1) is 4.95. The molecule has 0 saturated carbocycles. The summed E-state index contributed by atoms with van der Waals surface area (Å²) in [4.78, 5) is 11.4. The maximum Gasteiger partial charge on any atom is 0.146 e. The van der Waals surface area contributed by atoms with Crippen molar-refractivity contribution in [2.24, 2.45) is 11.8 Å². The lowest BCUT2D eigenvalue weighted by Crippen LogP contribution is -2.20. The van der Waals surface area contributed by atoms with Crippen LogP contribution in [0.15, 0.2) is 0 Å². The quantitative estimate of drug-likeness (QED) is 0.565. The zero-order chi connectivity index (χ0) is 9.02. The number of hydrogen-bond acceptors (Lipinski definition) is 1. The van der Waals surface area contributed by atoms with Gasteiger partial charge in [-0.2, -0.15) is 0 Å². The molecule has 66 valence electrons. The summed E-state index contributed by atoms with van der Waals surface area (Å²) in [5.74, 6) is 1.37. The molecule has 0 aromatic rings. The van der Waals surface area contributed by atoms with E-state index >= 15 is 0 Å². The van der Waals surface area contributed by atoms with Gasteiger partial charge in [0.25, 0.3) is 0 Å². The molecule has 0 aliphatic carbocycles. The van der Waals surface area contributed by atoms with Crippen molar-refractivity contribution in [1.29, 1.82) is 0 Å². The van der Waals surface area contributed by atoms with Gasteiger partial charge in [-0.1, -0.05) is 50.3 Å². The molecule has 1 unspecified atom stereocenters. The molecule has 0 fully saturated rings. The Hall–Kier alpha value is 0.400. The number of hydrogen-bond donors (Lipinski definition) is 0. The second-order valence-electron chi connectivity index (χ2n) is 3.71. The fourth-order valence-electron chi connectivity index (χ4n) is 0.887. The van der Waals surface area contributed by atoms with Gasteiger partial charge in [-0.3, -0.25) is 4.79 Å². The molecule has 2 heteroatoms. The Morgan fingerprint density at radius 3 is 2.00 bits per heavy atom. The molecule has 0 aliphatic rings. The number of ketones is 1. The molecule has 1 nitrogen and oxygen atoms in total. The maximum absolute atomic E-state index is 11.4. The van der Waals surface area contributed by atoms with Crippen molar-refractivity contribution in [2.75, 3.05) is 0 Å². The van der Waals surface area contributed by atoms with Gasteiger partial charge in [0.1, 0.15) is 5.78 Å². The zero-order valence-corrected chi connectivity index (χ0v) is 9.88. The smallest absolute Gasteiger partial charge is 0.146 e. The van der Waals surface area contributed by atoms with Gasteiger partial charge in [0, 0.05) is 6.42 Å². The number of halogens is 1. The number of carbonyl (C=O) groups excluding carboxylic acids is 1. The van der Waals surface area contributed by atoms with E-state index in [1.54, 1.807) is 0 Å². The van der Waals surface area contributed by atoms with E-state index in [-0.39, 0.29) is 3.92 Å². The molecule has 0 spiro atoms. The lowest BCUT2D eigenvalue weighted by Gasteiger charge is -2.13. The van der Waals surface area contributed by atoms with Crippen LogP contribution in [0, 0.1) is 11.8 Å². The summed E-state index contributed by atoms with van der Waals surface area (Å²) in [5.41, 5.74) is 0. The van der Waals surface area contributed by atoms with Crippen molar-refractivity contribution in [2.45, 2.75) is 38.0 Å². The van der Waals surface area contributed by atoms with Crippen molar-refractivity contribution in [3.05, 3.63) is 0 Å². The highest BCUT2D eigenvalue weighted by Crippen LogP contribution is 2.17. The summed E-state index contributed by atoms with van der Waals surface area (Å²) in [6.45, 7) is 8.36. The second kappa shape index (κ2) is 5.12. The predicted molar refractivity (Wildman–Crippen MR) is 57.1 cm³/mol. The molecule has 0 saturated heterocycles. The fraction of sp³-hybridized carbons (Fsp3) is 0.889. The van der Waals surface area contributed by atoms with Crippen LogP contribution in [0.3, 0.4) is 0 Å². The van der Waals surface area contributed by atoms with E-state index < -0.39 is 0 Å². The molecule has 0 aliphatic heterocycles. The first-order valence-corrected chi connectivity index (χ1v) is 5.36. The molecule has 0 rings (SSSR count). The number of alkyl halides is 1. The van der Waals surface area contributed by atoms with E-state index in [1.807, 2.05) is 0 Å². The third kappa shape index (κ3) is 4.77. The molecule has 0 heterocycles. The van der Waals surface area contributed by atoms with Crippen molar-refractivity contribution in [3.63, 3.8) is 0 Å². The Bertz CT molecular complexity index is 130. The van der Waals surface area contributed by atoms with Crippen LogP contribution in [0.25, 0.3) is 0 Å². The van der Waals surface area contributed by atoms with Crippen LogP contribution in [0.5, 0.6) is 0 Å². The maximum atomic E-state index is 11.4. The summed E-state index contributed by atoms with van der Waals surface area (Å²) in [6, 6.07) is 0. The molecule has 0 amide bonds. The molecule has 0 N–H and O–H groups in total. The van der Waals surface area contributed by atoms with Gasteiger partial charge >= 0.3 is 0 Å². The third-order valence-electron chi connectivity index (χ3n) is 1.50. The molecular formula is C9H17IO. The minimum atomic E-state index is 0.204. The number of rotatable bonds is 4. The lowest BCUT2D eigenvalue weighted by atomic mass is 10.00. The summed E-state index contributed by atoms with van der Waals surface area (Å²) in [6.07, 6.45) is 0.728. The minimum Gasteiger partial charge on any atom is -0.299 e. The average Bonchev–Trinajstić information content (AvgIpc) is 1.84. The van der Waals surface area contributed by atoms with Crippen LogP contribution < -0.4 is 0 Å². The van der Waals surface area contributed by atoms with Crippen molar-refractivity contribution >= 4 is 28.4 Å². The van der Waals surface area contributed by atoms with Crippen LogP contribution in [-0.2, 0) is 4.79 Å². The molecule has 0 aromatic heterocycles. The monoisotopic (exact) mass is 268 g/mol. The van der Waals surface area contributed by atoms with Gasteiger partial charge < -0.3 is 0 Å². The fourth-order valence-corrected chi connectivity index (χ4v) is 1.14. The highest BCUT2D eigenvalue weighted by Gasteiger charge is 2.18. The van der Waals surface area contributed by atoms with Crippen molar-refractivity contribution < 1.29 is 4.79 Å². The van der Waals surface area contributed by atoms with Gasteiger partial charge in [0.05, 0.1) is 3.92 Å². The highest BCUT2D eigenvalue weighted by atomic mass is 127. The SMILES string of the molecule is CC(C)CC(=O)C(I)C(C)C. The van der Waals surface area contributed by atoms with Crippen LogP contribution >= 0.6 is 22.6 Å². The first kappa shape index (κ1) is 11.4. The van der Waals surface area contributed by atoms with E-state index in [0.29, 0.717) is 17.6 Å². The average molecular weight is 268 g/mol. The largest absolute Gasteiger partial charge is 0.299 e. The normalized spacial score (nSPS) is 14.1. The first-order valence-electron chi connectivity index (χ1n) is 4.12. The van der Waals surface area contributed by atoms with E-state index in [2.05, 4.69) is 50.3 Å². The second-order valence-corrected chi connectivity index (χ2v) is 5.05. The van der Waals surface area contributed by atoms with E-state index in [0.717, 1.165) is 6.42 Å². The Balaban J connectivity index is 3.83. The standard InChI is InChI=1S/C9H17IO/c1-6(2)5-8(11)9(10)7(3)4/h6-7,9H,5H2,1-4H3. The van der Waals surface area contributed by atoms with E-state index in [4.69, 9.17) is 0 Å². The Morgan fingerprint density at radius 2 is 1.73 bits per heavy atom. The minimum absolute atomic E-state index is 0.204. The third-order valence-corrected chi connectivity index (χ3v) is 3.64. The molecule has 11 heavy (non-hydrogen) atoms. The van der Waals surface area contributed by atoms with Gasteiger partial charge in [0.15, 0.2) is 0 Å². The van der Waals surface area contributed by atoms with E-state index in [9.17, 15) is 4.79 Å². The van der Waals surface area contributed by atoms with Gasteiger partial charge in [-0.15, -0.1) is 0 Å². The Morgan fingerprint density at radius 1 is 1.27 bits per heavy atom. The van der Waals surface area contributed by atoms with Crippen LogP contribution in [0.2, 0.25) is 0 Å². The summed E-state index contributed by atoms with van der Waals surface area (Å²) < 4.78 is 0.204. The van der Waals surface area contributed by atoms with Crippen molar-refractivity contribution in [1.82, 2.24) is 0 Å². The Labute approximate surface area is 83.1 Å². The molecule has 0 aromatic carbocycles. The predicted octanol–water partition coefficient (Wildman–Crippen LogP) is 3.06. The van der Waals surface area contributed by atoms with Gasteiger partial charge in [-0.25, -0.2) is 0 Å². The molecule has 0 bridgehead atoms. The Kier molecular flexibility index (Phi) is 5.30. The summed E-state index contributed by atoms with van der Waals surface area (Å²) in [7, 11) is 0. The topological polar surface area (TPSA) is 17.1 Å². The van der Waals surface area contributed by atoms with Crippen molar-refractivity contribution in [3.8, 4) is 0 Å². The van der Waals surface area contributed by atoms with E-state index in [1.165, 1.54) is 0 Å². The number of carbonyl (C=O) groups is 1. The summed E-state index contributed by atoms with van der Waals surface area (Å²) >= 11 is 2.24. The molecule has 0 radical (unpaired) electrons. The van der Waals surface area contributed by atoms with Crippen LogP contribution in [0.1, 0.15) is 34.1 Å². The molecular weight excluding hydrogens is 251 g/mol. The molecule has 1 atom stereocenters. The van der Waals surface area contributed by atoms with Crippen LogP contribution in [-0.4, -0.2) is 9.71 Å². The highest BCUT2D eigenvalue weighted by molar-refractivity contribution is 14.1. The number of Topliss-reactive ketones (excluding diaryl/α,β-unsaturated/α-hetero) is 1. The van der Waals surface area contributed by atoms with Crippen LogP contribution in [0.4, 0.5) is 0 Å².